The van der Waals surface area contributed by atoms with Gasteiger partial charge in [0.25, 0.3) is 0 Å². The highest BCUT2D eigenvalue weighted by Crippen LogP contribution is 2.32. The first-order valence-electron chi connectivity index (χ1n) is 7.90. The first-order chi connectivity index (χ1) is 12.5. The molecule has 3 aromatic rings. The normalized spacial score (nSPS) is 11.8. The maximum atomic E-state index is 12.3. The van der Waals surface area contributed by atoms with E-state index < -0.39 is 12.2 Å². The molecule has 1 heterocycles. The van der Waals surface area contributed by atoms with E-state index >= 15 is 0 Å². The fraction of sp³-hybridized carbons (Fsp3) is 0.158. The number of rotatable bonds is 4. The summed E-state index contributed by atoms with van der Waals surface area (Å²) in [5, 5.41) is 7.21. The second-order valence-corrected chi connectivity index (χ2v) is 7.00. The Labute approximate surface area is 164 Å². The molecule has 0 aliphatic carbocycles. The van der Waals surface area contributed by atoms with Crippen molar-refractivity contribution < 1.29 is 14.1 Å². The second-order valence-electron chi connectivity index (χ2n) is 5.67. The highest BCUT2D eigenvalue weighted by atomic mass is 79.9. The highest BCUT2D eigenvalue weighted by Gasteiger charge is 2.20. The summed E-state index contributed by atoms with van der Waals surface area (Å²) in [5.41, 5.74) is 2.57. The predicted octanol–water partition coefficient (Wildman–Crippen LogP) is 6.38. The Morgan fingerprint density at radius 3 is 2.62 bits per heavy atom. The Bertz CT molecular complexity index is 925. The van der Waals surface area contributed by atoms with Gasteiger partial charge in [-0.3, -0.25) is 5.32 Å². The Morgan fingerprint density at radius 2 is 1.92 bits per heavy atom. The van der Waals surface area contributed by atoms with Crippen LogP contribution in [0.25, 0.3) is 11.3 Å². The van der Waals surface area contributed by atoms with Crippen molar-refractivity contribution in [3.63, 3.8) is 0 Å². The molecule has 2 aromatic carbocycles. The summed E-state index contributed by atoms with van der Waals surface area (Å²) < 4.78 is 11.8. The lowest BCUT2D eigenvalue weighted by Crippen LogP contribution is -2.17. The summed E-state index contributed by atoms with van der Waals surface area (Å²) in [6.45, 7) is 3.51. The van der Waals surface area contributed by atoms with Gasteiger partial charge in [0, 0.05) is 20.6 Å². The van der Waals surface area contributed by atoms with Crippen molar-refractivity contribution in [1.82, 2.24) is 5.16 Å². The minimum absolute atomic E-state index is 0.470. The van der Waals surface area contributed by atoms with Crippen molar-refractivity contribution in [2.75, 3.05) is 5.32 Å². The zero-order chi connectivity index (χ0) is 18.7. The van der Waals surface area contributed by atoms with Gasteiger partial charge in [-0.05, 0) is 44.2 Å². The predicted molar refractivity (Wildman–Crippen MR) is 104 cm³/mol. The number of carbonyl (C=O) groups is 1. The molecule has 0 fully saturated rings. The molecule has 0 radical (unpaired) electrons. The number of ether oxygens (including phenoxy) is 1. The van der Waals surface area contributed by atoms with Gasteiger partial charge in [-0.2, -0.15) is 0 Å². The molecule has 134 valence electrons. The van der Waals surface area contributed by atoms with Crippen LogP contribution in [0.1, 0.15) is 24.3 Å². The molecule has 26 heavy (non-hydrogen) atoms. The van der Waals surface area contributed by atoms with Crippen molar-refractivity contribution in [1.29, 1.82) is 0 Å². The summed E-state index contributed by atoms with van der Waals surface area (Å²) in [7, 11) is 0. The van der Waals surface area contributed by atoms with Crippen molar-refractivity contribution in [2.45, 2.75) is 20.0 Å². The van der Waals surface area contributed by atoms with Crippen molar-refractivity contribution in [3.05, 3.63) is 69.3 Å². The van der Waals surface area contributed by atoms with Crippen molar-refractivity contribution >= 4 is 39.3 Å². The van der Waals surface area contributed by atoms with Crippen LogP contribution in [0.4, 0.5) is 10.5 Å². The molecule has 0 bridgehead atoms. The quantitative estimate of drug-likeness (QED) is 0.517. The number of hydrogen-bond acceptors (Lipinski definition) is 4. The number of anilines is 1. The van der Waals surface area contributed by atoms with Crippen LogP contribution >= 0.6 is 27.5 Å². The van der Waals surface area contributed by atoms with E-state index in [0.29, 0.717) is 22.2 Å². The second kappa shape index (κ2) is 7.93. The van der Waals surface area contributed by atoms with E-state index in [0.717, 1.165) is 15.6 Å². The average Bonchev–Trinajstić information content (AvgIpc) is 2.96. The summed E-state index contributed by atoms with van der Waals surface area (Å²) in [4.78, 5) is 12.3. The maximum absolute atomic E-state index is 12.3. The number of carbonyl (C=O) groups excluding carboxylic acids is 1. The number of hydrogen-bond donors (Lipinski definition) is 1. The summed E-state index contributed by atoms with van der Waals surface area (Å²) in [6.07, 6.45) is -1.11. The van der Waals surface area contributed by atoms with Gasteiger partial charge in [-0.15, -0.1) is 0 Å². The lowest BCUT2D eigenvalue weighted by molar-refractivity contribution is 0.121. The van der Waals surface area contributed by atoms with E-state index in [9.17, 15) is 4.79 Å². The number of nitrogens with one attached hydrogen (secondary N) is 1. The minimum Gasteiger partial charge on any atom is -0.441 e. The average molecular weight is 436 g/mol. The van der Waals surface area contributed by atoms with E-state index in [4.69, 9.17) is 20.9 Å². The number of halogens is 2. The zero-order valence-corrected chi connectivity index (χ0v) is 16.5. The molecule has 1 aromatic heterocycles. The SMILES string of the molecule is Cc1noc(-c2ccc(Br)cc2)c1NC(=O)O[C@@H](C)c1ccccc1Cl. The third kappa shape index (κ3) is 4.08. The van der Waals surface area contributed by atoms with Crippen LogP contribution in [0, 0.1) is 6.92 Å². The lowest BCUT2D eigenvalue weighted by atomic mass is 10.1. The van der Waals surface area contributed by atoms with Gasteiger partial charge in [0.05, 0.1) is 0 Å². The molecular formula is C19H16BrClN2O3. The van der Waals surface area contributed by atoms with Crippen LogP contribution in [-0.2, 0) is 4.74 Å². The van der Waals surface area contributed by atoms with Crippen molar-refractivity contribution in [3.8, 4) is 11.3 Å². The molecule has 0 saturated heterocycles. The molecule has 1 N–H and O–H groups in total. The molecule has 3 rings (SSSR count). The molecular weight excluding hydrogens is 420 g/mol. The molecule has 0 unspecified atom stereocenters. The van der Waals surface area contributed by atoms with Crippen LogP contribution in [0.2, 0.25) is 5.02 Å². The van der Waals surface area contributed by atoms with E-state index in [1.807, 2.05) is 42.5 Å². The maximum Gasteiger partial charge on any atom is 0.412 e. The van der Waals surface area contributed by atoms with Crippen LogP contribution in [0.3, 0.4) is 0 Å². The highest BCUT2D eigenvalue weighted by molar-refractivity contribution is 9.10. The molecule has 0 saturated carbocycles. The van der Waals surface area contributed by atoms with Gasteiger partial charge in [-0.25, -0.2) is 4.79 Å². The van der Waals surface area contributed by atoms with Crippen molar-refractivity contribution in [2.24, 2.45) is 0 Å². The summed E-state index contributed by atoms with van der Waals surface area (Å²) >= 11 is 9.54. The smallest absolute Gasteiger partial charge is 0.412 e. The van der Waals surface area contributed by atoms with E-state index in [2.05, 4.69) is 26.4 Å². The molecule has 0 spiro atoms. The fourth-order valence-electron chi connectivity index (χ4n) is 2.48. The summed E-state index contributed by atoms with van der Waals surface area (Å²) in [5.74, 6) is 0.470. The Kier molecular flexibility index (Phi) is 5.64. The summed E-state index contributed by atoms with van der Waals surface area (Å²) in [6, 6.07) is 14.7. The molecule has 7 heteroatoms. The molecule has 1 amide bonds. The first-order valence-corrected chi connectivity index (χ1v) is 9.07. The topological polar surface area (TPSA) is 64.4 Å². The molecule has 0 aliphatic heterocycles. The third-order valence-corrected chi connectivity index (χ3v) is 4.70. The van der Waals surface area contributed by atoms with Gasteiger partial charge in [0.15, 0.2) is 5.76 Å². The van der Waals surface area contributed by atoms with E-state index in [1.54, 1.807) is 19.9 Å². The molecule has 0 aliphatic rings. The fourth-order valence-corrected chi connectivity index (χ4v) is 3.03. The minimum atomic E-state index is -0.609. The standard InChI is InChI=1S/C19H16BrClN2O3/c1-11-17(18(26-23-11)13-7-9-14(20)10-8-13)22-19(24)25-12(2)15-5-3-4-6-16(15)21/h3-10,12H,1-2H3,(H,22,24)/t12-/m0/s1. The number of amides is 1. The van der Waals surface area contributed by atoms with Crippen LogP contribution < -0.4 is 5.32 Å². The third-order valence-electron chi connectivity index (χ3n) is 3.82. The van der Waals surface area contributed by atoms with E-state index in [1.165, 1.54) is 0 Å². The number of aryl methyl sites for hydroxylation is 1. The first kappa shape index (κ1) is 18.5. The van der Waals surface area contributed by atoms with Crippen LogP contribution in [0.5, 0.6) is 0 Å². The Morgan fingerprint density at radius 1 is 1.23 bits per heavy atom. The Balaban J connectivity index is 1.77. The number of nitrogens with zero attached hydrogens (tertiary/aromatic N) is 1. The van der Waals surface area contributed by atoms with Gasteiger partial charge in [0.2, 0.25) is 0 Å². The Hall–Kier alpha value is -2.31. The number of benzene rings is 2. The molecule has 5 nitrogen and oxygen atoms in total. The van der Waals surface area contributed by atoms with Crippen LogP contribution in [0.15, 0.2) is 57.5 Å². The van der Waals surface area contributed by atoms with Gasteiger partial charge in [-0.1, -0.05) is 50.9 Å². The van der Waals surface area contributed by atoms with Gasteiger partial charge in [0.1, 0.15) is 17.5 Å². The monoisotopic (exact) mass is 434 g/mol. The lowest BCUT2D eigenvalue weighted by Gasteiger charge is -2.15. The molecule has 1 atom stereocenters. The largest absolute Gasteiger partial charge is 0.441 e. The van der Waals surface area contributed by atoms with Gasteiger partial charge < -0.3 is 9.26 Å². The van der Waals surface area contributed by atoms with E-state index in [-0.39, 0.29) is 0 Å². The zero-order valence-electron chi connectivity index (χ0n) is 14.1. The number of aromatic nitrogens is 1. The van der Waals surface area contributed by atoms with Crippen LogP contribution in [-0.4, -0.2) is 11.2 Å². The van der Waals surface area contributed by atoms with Gasteiger partial charge >= 0.3 is 6.09 Å².